The summed E-state index contributed by atoms with van der Waals surface area (Å²) in [6.45, 7) is 1.51. The number of methoxy groups -OCH3 is 1. The van der Waals surface area contributed by atoms with Crippen LogP contribution in [-0.4, -0.2) is 33.4 Å². The number of halogens is 1. The van der Waals surface area contributed by atoms with Crippen molar-refractivity contribution in [2.24, 2.45) is 0 Å². The molecule has 102 valence electrons. The summed E-state index contributed by atoms with van der Waals surface area (Å²) in [7, 11) is 1.53. The van der Waals surface area contributed by atoms with Gasteiger partial charge in [0.2, 0.25) is 11.8 Å². The van der Waals surface area contributed by atoms with Crippen molar-refractivity contribution in [2.75, 3.05) is 24.7 Å². The second-order valence-corrected chi connectivity index (χ2v) is 4.29. The monoisotopic (exact) mass is 282 g/mol. The number of aryl methyl sites for hydroxylation is 1. The van der Waals surface area contributed by atoms with Gasteiger partial charge in [0.1, 0.15) is 5.82 Å². The molecule has 3 N–H and O–H groups in total. The fourth-order valence-corrected chi connectivity index (χ4v) is 1.71. The fraction of sp³-hybridized carbons (Fsp3) is 0.364. The van der Waals surface area contributed by atoms with Crippen molar-refractivity contribution in [3.05, 3.63) is 23.5 Å². The van der Waals surface area contributed by atoms with Gasteiger partial charge in [-0.25, -0.2) is 0 Å². The lowest BCUT2D eigenvalue weighted by atomic mass is 10.4. The highest BCUT2D eigenvalue weighted by molar-refractivity contribution is 6.30. The molecule has 0 bridgehead atoms. The van der Waals surface area contributed by atoms with Gasteiger partial charge >= 0.3 is 0 Å². The van der Waals surface area contributed by atoms with Gasteiger partial charge in [0.05, 0.1) is 18.3 Å². The molecule has 7 nitrogen and oxygen atoms in total. The summed E-state index contributed by atoms with van der Waals surface area (Å²) in [4.78, 5) is 7.97. The first-order valence-corrected chi connectivity index (χ1v) is 6.15. The zero-order valence-corrected chi connectivity index (χ0v) is 11.3. The molecule has 0 saturated carbocycles. The average Bonchev–Trinajstić information content (AvgIpc) is 2.80. The summed E-state index contributed by atoms with van der Waals surface area (Å²) in [5.74, 6) is 1.26. The molecule has 0 aliphatic heterocycles. The predicted molar refractivity (Wildman–Crippen MR) is 73.3 cm³/mol. The summed E-state index contributed by atoms with van der Waals surface area (Å²) in [6, 6.07) is 1.70. The van der Waals surface area contributed by atoms with Crippen LogP contribution in [-0.2, 0) is 6.54 Å². The minimum atomic E-state index is 0.181. The Morgan fingerprint density at radius 1 is 1.47 bits per heavy atom. The summed E-state index contributed by atoms with van der Waals surface area (Å²) in [5, 5.41) is 7.89. The molecule has 0 spiro atoms. The minimum absolute atomic E-state index is 0.181. The second kappa shape index (κ2) is 6.24. The van der Waals surface area contributed by atoms with E-state index >= 15 is 0 Å². The number of nitrogen functional groups attached to an aromatic ring is 1. The number of ether oxygens (including phenoxy) is 1. The third kappa shape index (κ3) is 3.99. The third-order valence-corrected chi connectivity index (χ3v) is 2.60. The van der Waals surface area contributed by atoms with E-state index in [1.54, 1.807) is 23.1 Å². The number of nitrogens with zero attached hydrogens (tertiary/aromatic N) is 4. The largest absolute Gasteiger partial charge is 0.481 e. The summed E-state index contributed by atoms with van der Waals surface area (Å²) in [6.07, 6.45) is 4.28. The predicted octanol–water partition coefficient (Wildman–Crippen LogP) is 1.42. The van der Waals surface area contributed by atoms with E-state index in [1.165, 1.54) is 7.11 Å². The van der Waals surface area contributed by atoms with Crippen LogP contribution in [0, 0.1) is 0 Å². The van der Waals surface area contributed by atoms with Crippen molar-refractivity contribution >= 4 is 23.4 Å². The fourth-order valence-electron chi connectivity index (χ4n) is 1.56. The van der Waals surface area contributed by atoms with Crippen LogP contribution >= 0.6 is 11.6 Å². The van der Waals surface area contributed by atoms with Gasteiger partial charge in [0.25, 0.3) is 0 Å². The first kappa shape index (κ1) is 13.4. The molecule has 0 unspecified atom stereocenters. The van der Waals surface area contributed by atoms with Gasteiger partial charge < -0.3 is 15.8 Å². The topological polar surface area (TPSA) is 90.9 Å². The molecule has 0 atom stereocenters. The average molecular weight is 283 g/mol. The first-order valence-electron chi connectivity index (χ1n) is 5.78. The van der Waals surface area contributed by atoms with Crippen LogP contribution in [0.15, 0.2) is 18.5 Å². The zero-order chi connectivity index (χ0) is 13.7. The zero-order valence-electron chi connectivity index (χ0n) is 10.5. The molecule has 0 saturated heterocycles. The Morgan fingerprint density at radius 3 is 3.00 bits per heavy atom. The maximum Gasteiger partial charge on any atom is 0.225 e. The molecule has 2 aromatic rings. The number of aromatic nitrogens is 4. The Labute approximate surface area is 115 Å². The Morgan fingerprint density at radius 2 is 2.32 bits per heavy atom. The Kier molecular flexibility index (Phi) is 4.40. The quantitative estimate of drug-likeness (QED) is 0.779. The van der Waals surface area contributed by atoms with Gasteiger partial charge in [0.15, 0.2) is 0 Å². The van der Waals surface area contributed by atoms with Crippen molar-refractivity contribution in [3.63, 3.8) is 0 Å². The molecule has 2 aromatic heterocycles. The third-order valence-electron chi connectivity index (χ3n) is 2.40. The van der Waals surface area contributed by atoms with Gasteiger partial charge in [-0.3, -0.25) is 4.68 Å². The molecule has 2 heterocycles. The highest BCUT2D eigenvalue weighted by Crippen LogP contribution is 2.13. The summed E-state index contributed by atoms with van der Waals surface area (Å²) >= 11 is 5.78. The van der Waals surface area contributed by atoms with E-state index in [4.69, 9.17) is 22.1 Å². The summed E-state index contributed by atoms with van der Waals surface area (Å²) in [5.41, 5.74) is 5.56. The van der Waals surface area contributed by atoms with Crippen molar-refractivity contribution in [1.82, 2.24) is 19.7 Å². The molecule has 0 aliphatic rings. The number of anilines is 2. The van der Waals surface area contributed by atoms with Gasteiger partial charge in [-0.05, 0) is 6.42 Å². The van der Waals surface area contributed by atoms with Crippen molar-refractivity contribution in [1.29, 1.82) is 0 Å². The van der Waals surface area contributed by atoms with Crippen LogP contribution in [0.5, 0.6) is 5.88 Å². The lowest BCUT2D eigenvalue weighted by Gasteiger charge is -2.07. The van der Waals surface area contributed by atoms with Crippen molar-refractivity contribution in [2.45, 2.75) is 13.0 Å². The maximum atomic E-state index is 5.78. The highest BCUT2D eigenvalue weighted by Gasteiger charge is 2.02. The normalized spacial score (nSPS) is 10.4. The van der Waals surface area contributed by atoms with E-state index in [9.17, 15) is 0 Å². The summed E-state index contributed by atoms with van der Waals surface area (Å²) < 4.78 is 6.80. The molecule has 0 aliphatic carbocycles. The van der Waals surface area contributed by atoms with Gasteiger partial charge in [-0.1, -0.05) is 11.6 Å². The lowest BCUT2D eigenvalue weighted by molar-refractivity contribution is 0.398. The molecule has 0 fully saturated rings. The van der Waals surface area contributed by atoms with Crippen LogP contribution in [0.25, 0.3) is 0 Å². The number of nitrogens with one attached hydrogen (secondary N) is 1. The highest BCUT2D eigenvalue weighted by atomic mass is 35.5. The Bertz CT molecular complexity index is 544. The van der Waals surface area contributed by atoms with E-state index in [1.807, 2.05) is 0 Å². The molecule has 2 rings (SSSR count). The van der Waals surface area contributed by atoms with E-state index in [2.05, 4.69) is 20.4 Å². The van der Waals surface area contributed by atoms with Crippen molar-refractivity contribution < 1.29 is 4.74 Å². The van der Waals surface area contributed by atoms with Crippen LogP contribution in [0.4, 0.5) is 11.8 Å². The van der Waals surface area contributed by atoms with E-state index in [-0.39, 0.29) is 5.95 Å². The number of nitrogens with two attached hydrogens (primary N) is 1. The minimum Gasteiger partial charge on any atom is -0.481 e. The number of hydrogen-bond acceptors (Lipinski definition) is 6. The van der Waals surface area contributed by atoms with Gasteiger partial charge in [-0.2, -0.15) is 15.1 Å². The van der Waals surface area contributed by atoms with E-state index in [0.717, 1.165) is 19.5 Å². The number of hydrogen-bond donors (Lipinski definition) is 2. The van der Waals surface area contributed by atoms with Gasteiger partial charge in [-0.15, -0.1) is 0 Å². The van der Waals surface area contributed by atoms with E-state index < -0.39 is 0 Å². The molecule has 0 aromatic carbocycles. The SMILES string of the molecule is COc1cc(NCCCn2cc(Cl)cn2)nc(N)n1. The van der Waals surface area contributed by atoms with Gasteiger partial charge in [0, 0.05) is 25.4 Å². The molecule has 0 radical (unpaired) electrons. The van der Waals surface area contributed by atoms with E-state index in [0.29, 0.717) is 16.7 Å². The maximum absolute atomic E-state index is 5.78. The Balaban J connectivity index is 1.80. The lowest BCUT2D eigenvalue weighted by Crippen LogP contribution is -2.09. The number of rotatable bonds is 6. The molecule has 19 heavy (non-hydrogen) atoms. The molecule has 8 heteroatoms. The second-order valence-electron chi connectivity index (χ2n) is 3.86. The smallest absolute Gasteiger partial charge is 0.225 e. The van der Waals surface area contributed by atoms with Crippen LogP contribution in [0.3, 0.4) is 0 Å². The van der Waals surface area contributed by atoms with Crippen LogP contribution < -0.4 is 15.8 Å². The van der Waals surface area contributed by atoms with Crippen LogP contribution in [0.2, 0.25) is 5.02 Å². The van der Waals surface area contributed by atoms with Crippen LogP contribution in [0.1, 0.15) is 6.42 Å². The molecular formula is C11H15ClN6O. The Hall–Kier alpha value is -2.02. The molecule has 0 amide bonds. The van der Waals surface area contributed by atoms with Crippen molar-refractivity contribution in [3.8, 4) is 5.88 Å². The first-order chi connectivity index (χ1) is 9.17. The standard InChI is InChI=1S/C11H15ClN6O/c1-19-10-5-9(16-11(13)17-10)14-3-2-4-18-7-8(12)6-15-18/h5-7H,2-4H2,1H3,(H3,13,14,16,17). The molecular weight excluding hydrogens is 268 g/mol.